The van der Waals surface area contributed by atoms with E-state index in [0.29, 0.717) is 28.2 Å². The summed E-state index contributed by atoms with van der Waals surface area (Å²) in [6, 6.07) is 16.0. The molecule has 1 amide bonds. The number of para-hydroxylation sites is 1. The fraction of sp³-hybridized carbons (Fsp3) is 0.0500. The molecule has 7 heteroatoms. The minimum Gasteiger partial charge on any atom is -0.422 e. The summed E-state index contributed by atoms with van der Waals surface area (Å²) in [7, 11) is 0. The maximum absolute atomic E-state index is 12.5. The van der Waals surface area contributed by atoms with Crippen molar-refractivity contribution in [1.29, 1.82) is 0 Å². The summed E-state index contributed by atoms with van der Waals surface area (Å²) in [5, 5.41) is 8.25. The molecule has 134 valence electrons. The first kappa shape index (κ1) is 17.1. The lowest BCUT2D eigenvalue weighted by atomic mass is 10.2. The van der Waals surface area contributed by atoms with Crippen LogP contribution in [0.2, 0.25) is 5.02 Å². The van der Waals surface area contributed by atoms with E-state index in [1.807, 2.05) is 30.3 Å². The number of carbonyl (C=O) groups excluding carboxylic acids is 1. The van der Waals surface area contributed by atoms with E-state index < -0.39 is 11.5 Å². The van der Waals surface area contributed by atoms with Gasteiger partial charge in [0.2, 0.25) is 0 Å². The Hall–Kier alpha value is -3.38. The highest BCUT2D eigenvalue weighted by molar-refractivity contribution is 6.30. The van der Waals surface area contributed by atoms with Crippen molar-refractivity contribution in [3.8, 4) is 0 Å². The third-order valence-electron chi connectivity index (χ3n) is 4.03. The molecule has 0 saturated carbocycles. The Bertz CT molecular complexity index is 1180. The van der Waals surface area contributed by atoms with Crippen LogP contribution < -0.4 is 10.9 Å². The highest BCUT2D eigenvalue weighted by Gasteiger charge is 2.14. The zero-order valence-electron chi connectivity index (χ0n) is 14.1. The lowest BCUT2D eigenvalue weighted by Gasteiger charge is -2.03. The number of benzene rings is 2. The standard InChI is InChI=1S/C20H14ClN3O3/c21-15-7-5-13(6-8-15)11-24-12-16(10-22-24)23-19(25)17-9-14-3-1-2-4-18(14)27-20(17)26/h1-10,12H,11H2,(H,23,25). The molecule has 0 aliphatic heterocycles. The van der Waals surface area contributed by atoms with Gasteiger partial charge in [-0.05, 0) is 29.8 Å². The van der Waals surface area contributed by atoms with Crippen LogP contribution in [0.25, 0.3) is 11.0 Å². The van der Waals surface area contributed by atoms with Crippen molar-refractivity contribution in [3.63, 3.8) is 0 Å². The predicted octanol–water partition coefficient (Wildman–Crippen LogP) is 3.94. The Morgan fingerprint density at radius 2 is 1.93 bits per heavy atom. The van der Waals surface area contributed by atoms with E-state index in [2.05, 4.69) is 10.4 Å². The molecular weight excluding hydrogens is 366 g/mol. The normalized spacial score (nSPS) is 10.9. The molecule has 2 heterocycles. The second-order valence-electron chi connectivity index (χ2n) is 5.99. The molecule has 27 heavy (non-hydrogen) atoms. The lowest BCUT2D eigenvalue weighted by molar-refractivity contribution is 0.102. The van der Waals surface area contributed by atoms with Crippen molar-refractivity contribution in [1.82, 2.24) is 9.78 Å². The van der Waals surface area contributed by atoms with Gasteiger partial charge in [-0.2, -0.15) is 5.10 Å². The largest absolute Gasteiger partial charge is 0.422 e. The van der Waals surface area contributed by atoms with Crippen LogP contribution in [0, 0.1) is 0 Å². The number of carbonyl (C=O) groups is 1. The van der Waals surface area contributed by atoms with Crippen LogP contribution in [0.4, 0.5) is 5.69 Å². The molecule has 0 spiro atoms. The van der Waals surface area contributed by atoms with E-state index >= 15 is 0 Å². The van der Waals surface area contributed by atoms with Crippen LogP contribution in [0.1, 0.15) is 15.9 Å². The van der Waals surface area contributed by atoms with Gasteiger partial charge in [-0.3, -0.25) is 9.48 Å². The van der Waals surface area contributed by atoms with E-state index in [1.54, 1.807) is 29.1 Å². The second kappa shape index (κ2) is 7.09. The topological polar surface area (TPSA) is 77.1 Å². The van der Waals surface area contributed by atoms with E-state index in [9.17, 15) is 9.59 Å². The van der Waals surface area contributed by atoms with Gasteiger partial charge in [0.05, 0.1) is 18.4 Å². The van der Waals surface area contributed by atoms with Crippen molar-refractivity contribution in [2.45, 2.75) is 6.54 Å². The summed E-state index contributed by atoms with van der Waals surface area (Å²) >= 11 is 5.88. The Kier molecular flexibility index (Phi) is 4.48. The Labute approximate surface area is 159 Å². The number of rotatable bonds is 4. The second-order valence-corrected chi connectivity index (χ2v) is 6.43. The number of nitrogens with zero attached hydrogens (tertiary/aromatic N) is 2. The zero-order valence-corrected chi connectivity index (χ0v) is 14.8. The molecule has 2 aromatic carbocycles. The van der Waals surface area contributed by atoms with Gasteiger partial charge in [-0.1, -0.05) is 41.9 Å². The molecule has 0 aliphatic carbocycles. The van der Waals surface area contributed by atoms with E-state index in [-0.39, 0.29) is 5.56 Å². The van der Waals surface area contributed by atoms with Crippen LogP contribution >= 0.6 is 11.6 Å². The molecule has 0 unspecified atom stereocenters. The van der Waals surface area contributed by atoms with Crippen molar-refractivity contribution < 1.29 is 9.21 Å². The molecule has 0 radical (unpaired) electrons. The molecule has 4 aromatic rings. The first-order valence-corrected chi connectivity index (χ1v) is 8.57. The summed E-state index contributed by atoms with van der Waals surface area (Å²) in [6.07, 6.45) is 3.21. The molecule has 4 rings (SSSR count). The molecule has 2 aromatic heterocycles. The predicted molar refractivity (Wildman–Crippen MR) is 103 cm³/mol. The average molecular weight is 380 g/mol. The fourth-order valence-electron chi connectivity index (χ4n) is 2.71. The number of fused-ring (bicyclic) bond motifs is 1. The van der Waals surface area contributed by atoms with Crippen LogP contribution in [0.3, 0.4) is 0 Å². The van der Waals surface area contributed by atoms with Gasteiger partial charge in [0.25, 0.3) is 5.91 Å². The van der Waals surface area contributed by atoms with Crippen LogP contribution in [-0.4, -0.2) is 15.7 Å². The number of hydrogen-bond donors (Lipinski definition) is 1. The highest BCUT2D eigenvalue weighted by atomic mass is 35.5. The Morgan fingerprint density at radius 1 is 1.15 bits per heavy atom. The summed E-state index contributed by atoms with van der Waals surface area (Å²) in [6.45, 7) is 0.533. The zero-order chi connectivity index (χ0) is 18.8. The average Bonchev–Trinajstić information content (AvgIpc) is 3.09. The van der Waals surface area contributed by atoms with Gasteiger partial charge in [-0.25, -0.2) is 4.79 Å². The van der Waals surface area contributed by atoms with E-state index in [0.717, 1.165) is 5.56 Å². The smallest absolute Gasteiger partial charge is 0.349 e. The fourth-order valence-corrected chi connectivity index (χ4v) is 2.84. The third kappa shape index (κ3) is 3.75. The summed E-state index contributed by atoms with van der Waals surface area (Å²) in [5.41, 5.74) is 1.21. The molecule has 6 nitrogen and oxygen atoms in total. The molecule has 0 bridgehead atoms. The first-order valence-electron chi connectivity index (χ1n) is 8.20. The van der Waals surface area contributed by atoms with Crippen LogP contribution in [0.15, 0.2) is 76.2 Å². The number of anilines is 1. The van der Waals surface area contributed by atoms with Gasteiger partial charge < -0.3 is 9.73 Å². The summed E-state index contributed by atoms with van der Waals surface area (Å²) in [5.74, 6) is -0.541. The van der Waals surface area contributed by atoms with Gasteiger partial charge in [-0.15, -0.1) is 0 Å². The molecule has 0 fully saturated rings. The van der Waals surface area contributed by atoms with E-state index in [1.165, 1.54) is 12.3 Å². The van der Waals surface area contributed by atoms with Crippen molar-refractivity contribution in [2.75, 3.05) is 5.32 Å². The molecule has 1 N–H and O–H groups in total. The number of nitrogens with one attached hydrogen (secondary N) is 1. The Morgan fingerprint density at radius 3 is 2.74 bits per heavy atom. The van der Waals surface area contributed by atoms with Gasteiger partial charge in [0.1, 0.15) is 11.1 Å². The summed E-state index contributed by atoms with van der Waals surface area (Å²) in [4.78, 5) is 24.5. The minimum absolute atomic E-state index is 0.0563. The van der Waals surface area contributed by atoms with Crippen molar-refractivity contribution in [3.05, 3.63) is 93.6 Å². The number of halogens is 1. The quantitative estimate of drug-likeness (QED) is 0.545. The monoisotopic (exact) mass is 379 g/mol. The SMILES string of the molecule is O=C(Nc1cnn(Cc2ccc(Cl)cc2)c1)c1cc2ccccc2oc1=O. The van der Waals surface area contributed by atoms with Gasteiger partial charge in [0, 0.05) is 16.6 Å². The van der Waals surface area contributed by atoms with Gasteiger partial charge >= 0.3 is 5.63 Å². The first-order chi connectivity index (χ1) is 13.1. The highest BCUT2D eigenvalue weighted by Crippen LogP contribution is 2.15. The van der Waals surface area contributed by atoms with Crippen molar-refractivity contribution in [2.24, 2.45) is 0 Å². The lowest BCUT2D eigenvalue weighted by Crippen LogP contribution is -2.20. The number of hydrogen-bond acceptors (Lipinski definition) is 4. The van der Waals surface area contributed by atoms with E-state index in [4.69, 9.17) is 16.0 Å². The molecular formula is C20H14ClN3O3. The van der Waals surface area contributed by atoms with Gasteiger partial charge in [0.15, 0.2) is 0 Å². The number of aromatic nitrogens is 2. The van der Waals surface area contributed by atoms with Crippen LogP contribution in [0.5, 0.6) is 0 Å². The third-order valence-corrected chi connectivity index (χ3v) is 4.29. The maximum Gasteiger partial charge on any atom is 0.349 e. The molecule has 0 aliphatic rings. The minimum atomic E-state index is -0.681. The number of amides is 1. The molecule has 0 saturated heterocycles. The van der Waals surface area contributed by atoms with Crippen molar-refractivity contribution >= 4 is 34.2 Å². The maximum atomic E-state index is 12.5. The van der Waals surface area contributed by atoms with Crippen LogP contribution in [-0.2, 0) is 6.54 Å². The molecule has 0 atom stereocenters. The Balaban J connectivity index is 1.52. The summed E-state index contributed by atoms with van der Waals surface area (Å²) < 4.78 is 6.88.